The number of nitro benzene ring substituents is 1. The highest BCUT2D eigenvalue weighted by Gasteiger charge is 2.19. The summed E-state index contributed by atoms with van der Waals surface area (Å²) >= 11 is 1.57. The van der Waals surface area contributed by atoms with Crippen LogP contribution >= 0.6 is 11.8 Å². The van der Waals surface area contributed by atoms with Crippen molar-refractivity contribution >= 4 is 23.4 Å². The van der Waals surface area contributed by atoms with Crippen LogP contribution in [-0.2, 0) is 0 Å². The Kier molecular flexibility index (Phi) is 4.44. The van der Waals surface area contributed by atoms with Crippen molar-refractivity contribution in [3.05, 3.63) is 58.1 Å². The maximum absolute atomic E-state index is 11.0. The summed E-state index contributed by atoms with van der Waals surface area (Å²) in [5.41, 5.74) is -0.546. The van der Waals surface area contributed by atoms with E-state index < -0.39 is 10.9 Å². The number of carbonyl (C=O) groups is 1. The molecule has 108 valence electrons. The molecule has 0 aliphatic rings. The number of hydrogen-bond acceptors (Lipinski definition) is 5. The van der Waals surface area contributed by atoms with E-state index in [2.05, 4.69) is 0 Å². The van der Waals surface area contributed by atoms with E-state index in [1.54, 1.807) is 23.9 Å². The Balaban J connectivity index is 2.34. The van der Waals surface area contributed by atoms with Gasteiger partial charge in [0, 0.05) is 11.0 Å². The van der Waals surface area contributed by atoms with Crippen LogP contribution in [0.2, 0.25) is 0 Å². The summed E-state index contributed by atoms with van der Waals surface area (Å²) < 4.78 is 5.46. The highest BCUT2D eigenvalue weighted by atomic mass is 32.2. The Labute approximate surface area is 124 Å². The molecule has 2 rings (SSSR count). The first-order valence-corrected chi connectivity index (χ1v) is 7.07. The number of rotatable bonds is 5. The van der Waals surface area contributed by atoms with Crippen molar-refractivity contribution in [1.82, 2.24) is 0 Å². The monoisotopic (exact) mass is 305 g/mol. The topological polar surface area (TPSA) is 89.7 Å². The molecule has 0 unspecified atom stereocenters. The van der Waals surface area contributed by atoms with E-state index in [0.29, 0.717) is 5.75 Å². The van der Waals surface area contributed by atoms with E-state index >= 15 is 0 Å². The van der Waals surface area contributed by atoms with Crippen LogP contribution in [0.1, 0.15) is 10.4 Å². The predicted octanol–water partition coefficient (Wildman–Crippen LogP) is 3.81. The average molecular weight is 305 g/mol. The van der Waals surface area contributed by atoms with Gasteiger partial charge >= 0.3 is 11.7 Å². The second-order valence-electron chi connectivity index (χ2n) is 4.02. The van der Waals surface area contributed by atoms with Crippen molar-refractivity contribution in [2.24, 2.45) is 0 Å². The molecule has 0 amide bonds. The number of nitrogens with zero attached hydrogens (tertiary/aromatic N) is 1. The van der Waals surface area contributed by atoms with E-state index in [9.17, 15) is 14.9 Å². The van der Waals surface area contributed by atoms with Gasteiger partial charge in [-0.2, -0.15) is 0 Å². The second-order valence-corrected chi connectivity index (χ2v) is 4.90. The number of hydrogen-bond donors (Lipinski definition) is 1. The third kappa shape index (κ3) is 3.51. The number of carboxylic acid groups (broad SMARTS) is 1. The van der Waals surface area contributed by atoms with Crippen LogP contribution in [0.4, 0.5) is 5.69 Å². The lowest BCUT2D eigenvalue weighted by molar-refractivity contribution is -0.385. The van der Waals surface area contributed by atoms with E-state index in [0.717, 1.165) is 11.0 Å². The fourth-order valence-electron chi connectivity index (χ4n) is 1.65. The maximum Gasteiger partial charge on any atom is 0.335 e. The second kappa shape index (κ2) is 6.27. The number of carboxylic acids is 1. The van der Waals surface area contributed by atoms with Crippen molar-refractivity contribution in [2.45, 2.75) is 4.90 Å². The van der Waals surface area contributed by atoms with Gasteiger partial charge in [-0.3, -0.25) is 10.1 Å². The molecule has 0 spiro atoms. The van der Waals surface area contributed by atoms with Gasteiger partial charge in [-0.05, 0) is 42.7 Å². The van der Waals surface area contributed by atoms with Crippen LogP contribution in [-0.4, -0.2) is 22.3 Å². The number of benzene rings is 2. The van der Waals surface area contributed by atoms with Crippen LogP contribution in [0.15, 0.2) is 47.4 Å². The largest absolute Gasteiger partial charge is 0.478 e. The van der Waals surface area contributed by atoms with Crippen molar-refractivity contribution in [3.8, 4) is 11.5 Å². The van der Waals surface area contributed by atoms with Gasteiger partial charge in [0.1, 0.15) is 5.75 Å². The molecule has 2 aromatic carbocycles. The van der Waals surface area contributed by atoms with Crippen molar-refractivity contribution in [3.63, 3.8) is 0 Å². The lowest BCUT2D eigenvalue weighted by atomic mass is 10.2. The Morgan fingerprint density at radius 2 is 1.90 bits per heavy atom. The lowest BCUT2D eigenvalue weighted by Crippen LogP contribution is -2.00. The molecule has 0 saturated heterocycles. The minimum Gasteiger partial charge on any atom is -0.478 e. The standard InChI is InChI=1S/C14H11NO5S/c1-21-11-5-3-10(4-6-11)20-13-7-2-9(14(16)17)8-12(13)15(18)19/h2-8H,1H3,(H,16,17). The van der Waals surface area contributed by atoms with Crippen LogP contribution in [0.5, 0.6) is 11.5 Å². The smallest absolute Gasteiger partial charge is 0.335 e. The molecular weight excluding hydrogens is 294 g/mol. The van der Waals surface area contributed by atoms with Gasteiger partial charge in [0.05, 0.1) is 10.5 Å². The van der Waals surface area contributed by atoms with E-state index in [-0.39, 0.29) is 17.0 Å². The van der Waals surface area contributed by atoms with Gasteiger partial charge in [-0.1, -0.05) is 0 Å². The molecule has 0 fully saturated rings. The summed E-state index contributed by atoms with van der Waals surface area (Å²) in [4.78, 5) is 22.2. The number of ether oxygens (including phenoxy) is 1. The molecule has 0 aromatic heterocycles. The molecule has 2 aromatic rings. The molecule has 0 aliphatic heterocycles. The highest BCUT2D eigenvalue weighted by Crippen LogP contribution is 2.32. The fraction of sp³-hybridized carbons (Fsp3) is 0.0714. The van der Waals surface area contributed by atoms with Crippen molar-refractivity contribution in [1.29, 1.82) is 0 Å². The minimum absolute atomic E-state index is 0.00176. The molecule has 1 N–H and O–H groups in total. The van der Waals surface area contributed by atoms with E-state index in [1.165, 1.54) is 12.1 Å². The molecule has 21 heavy (non-hydrogen) atoms. The van der Waals surface area contributed by atoms with Crippen molar-refractivity contribution < 1.29 is 19.6 Å². The maximum atomic E-state index is 11.0. The lowest BCUT2D eigenvalue weighted by Gasteiger charge is -2.07. The predicted molar refractivity (Wildman–Crippen MR) is 78.4 cm³/mol. The zero-order valence-corrected chi connectivity index (χ0v) is 11.8. The molecule has 7 heteroatoms. The normalized spacial score (nSPS) is 10.1. The van der Waals surface area contributed by atoms with E-state index in [1.807, 2.05) is 18.4 Å². The van der Waals surface area contributed by atoms with Gasteiger partial charge in [0.15, 0.2) is 0 Å². The van der Waals surface area contributed by atoms with E-state index in [4.69, 9.17) is 9.84 Å². The molecule has 0 aliphatic carbocycles. The SMILES string of the molecule is CSc1ccc(Oc2ccc(C(=O)O)cc2[N+](=O)[O-])cc1. The molecule has 0 radical (unpaired) electrons. The molecule has 0 atom stereocenters. The zero-order valence-electron chi connectivity index (χ0n) is 11.0. The van der Waals surface area contributed by atoms with Crippen LogP contribution in [0.25, 0.3) is 0 Å². The number of nitro groups is 1. The van der Waals surface area contributed by atoms with Gasteiger partial charge in [0.2, 0.25) is 5.75 Å². The summed E-state index contributed by atoms with van der Waals surface area (Å²) in [7, 11) is 0. The van der Waals surface area contributed by atoms with Gasteiger partial charge in [-0.25, -0.2) is 4.79 Å². The summed E-state index contributed by atoms with van der Waals surface area (Å²) in [6.07, 6.45) is 1.94. The molecular formula is C14H11NO5S. The molecule has 0 heterocycles. The minimum atomic E-state index is -1.23. The van der Waals surface area contributed by atoms with Crippen LogP contribution < -0.4 is 4.74 Å². The third-order valence-corrected chi connectivity index (χ3v) is 3.43. The Bertz CT molecular complexity index is 684. The fourth-order valence-corrected chi connectivity index (χ4v) is 2.06. The van der Waals surface area contributed by atoms with Crippen molar-refractivity contribution in [2.75, 3.05) is 6.26 Å². The summed E-state index contributed by atoms with van der Waals surface area (Å²) in [6.45, 7) is 0. The molecule has 0 saturated carbocycles. The summed E-state index contributed by atoms with van der Waals surface area (Å²) in [6, 6.07) is 10.6. The highest BCUT2D eigenvalue weighted by molar-refractivity contribution is 7.98. The third-order valence-electron chi connectivity index (χ3n) is 2.69. The van der Waals surface area contributed by atoms with Gasteiger partial charge < -0.3 is 9.84 Å². The van der Waals surface area contributed by atoms with Gasteiger partial charge in [0.25, 0.3) is 0 Å². The Morgan fingerprint density at radius 3 is 2.43 bits per heavy atom. The average Bonchev–Trinajstić information content (AvgIpc) is 2.48. The summed E-state index contributed by atoms with van der Waals surface area (Å²) in [5.74, 6) is -0.783. The van der Waals surface area contributed by atoms with Crippen LogP contribution in [0, 0.1) is 10.1 Å². The Morgan fingerprint density at radius 1 is 1.24 bits per heavy atom. The Hall–Kier alpha value is -2.54. The molecule has 6 nitrogen and oxygen atoms in total. The first-order chi connectivity index (χ1) is 10.0. The van der Waals surface area contributed by atoms with Crippen LogP contribution in [0.3, 0.4) is 0 Å². The summed E-state index contributed by atoms with van der Waals surface area (Å²) in [5, 5.41) is 19.9. The first kappa shape index (κ1) is 14.9. The zero-order chi connectivity index (χ0) is 15.4. The quantitative estimate of drug-likeness (QED) is 0.513. The first-order valence-electron chi connectivity index (χ1n) is 5.85. The van der Waals surface area contributed by atoms with Gasteiger partial charge in [-0.15, -0.1) is 11.8 Å². The molecule has 0 bridgehead atoms. The number of aromatic carboxylic acids is 1. The number of thioether (sulfide) groups is 1.